The van der Waals surface area contributed by atoms with E-state index in [1.54, 1.807) is 0 Å². The number of fused-ring (bicyclic) bond motifs is 2. The molecule has 2 fully saturated rings. The van der Waals surface area contributed by atoms with Crippen LogP contribution in [-0.4, -0.2) is 24.3 Å². The molecule has 1 aliphatic heterocycles. The van der Waals surface area contributed by atoms with Gasteiger partial charge in [0.2, 0.25) is 0 Å². The SMILES string of the molecule is CCC1(C(C(=O)O)C2CC3C=CC2C3)COC1. The number of allylic oxidation sites excluding steroid dienone is 2. The summed E-state index contributed by atoms with van der Waals surface area (Å²) in [6, 6.07) is 0. The van der Waals surface area contributed by atoms with Crippen molar-refractivity contribution >= 4 is 5.97 Å². The Bertz CT molecular complexity index is 351. The molecule has 0 aromatic carbocycles. The Morgan fingerprint density at radius 1 is 1.47 bits per heavy atom. The maximum Gasteiger partial charge on any atom is 0.307 e. The van der Waals surface area contributed by atoms with E-state index >= 15 is 0 Å². The zero-order valence-corrected chi connectivity index (χ0v) is 10.3. The molecule has 17 heavy (non-hydrogen) atoms. The molecule has 2 aliphatic carbocycles. The molecule has 1 N–H and O–H groups in total. The van der Waals surface area contributed by atoms with E-state index in [2.05, 4.69) is 19.1 Å². The normalized spacial score (nSPS) is 39.0. The number of carboxylic acid groups (broad SMARTS) is 1. The fraction of sp³-hybridized carbons (Fsp3) is 0.786. The summed E-state index contributed by atoms with van der Waals surface area (Å²) < 4.78 is 5.32. The lowest BCUT2D eigenvalue weighted by molar-refractivity contribution is -0.186. The Hall–Kier alpha value is -0.830. The molecule has 0 aromatic rings. The topological polar surface area (TPSA) is 46.5 Å². The minimum atomic E-state index is -0.610. The van der Waals surface area contributed by atoms with E-state index in [-0.39, 0.29) is 11.3 Å². The van der Waals surface area contributed by atoms with Gasteiger partial charge in [0, 0.05) is 5.41 Å². The molecular formula is C14H20O3. The minimum absolute atomic E-state index is 0.0885. The molecule has 3 nitrogen and oxygen atoms in total. The van der Waals surface area contributed by atoms with Gasteiger partial charge in [-0.2, -0.15) is 0 Å². The van der Waals surface area contributed by atoms with E-state index in [9.17, 15) is 9.90 Å². The Labute approximate surface area is 102 Å². The lowest BCUT2D eigenvalue weighted by Crippen LogP contribution is -2.53. The first-order valence-corrected chi connectivity index (χ1v) is 6.65. The summed E-state index contributed by atoms with van der Waals surface area (Å²) >= 11 is 0. The number of rotatable bonds is 4. The predicted molar refractivity (Wildman–Crippen MR) is 63.5 cm³/mol. The first-order chi connectivity index (χ1) is 8.16. The van der Waals surface area contributed by atoms with Crippen LogP contribution in [0.4, 0.5) is 0 Å². The summed E-state index contributed by atoms with van der Waals surface area (Å²) in [5, 5.41) is 9.61. The van der Waals surface area contributed by atoms with E-state index in [0.717, 1.165) is 12.8 Å². The van der Waals surface area contributed by atoms with Gasteiger partial charge in [-0.1, -0.05) is 19.1 Å². The van der Waals surface area contributed by atoms with Crippen molar-refractivity contribution in [2.75, 3.05) is 13.2 Å². The molecule has 3 rings (SSSR count). The number of ether oxygens (including phenoxy) is 1. The first kappa shape index (κ1) is 11.3. The van der Waals surface area contributed by atoms with Crippen molar-refractivity contribution in [2.45, 2.75) is 26.2 Å². The van der Waals surface area contributed by atoms with Gasteiger partial charge in [0.25, 0.3) is 0 Å². The molecule has 94 valence electrons. The molecule has 0 radical (unpaired) electrons. The smallest absolute Gasteiger partial charge is 0.307 e. The summed E-state index contributed by atoms with van der Waals surface area (Å²) in [7, 11) is 0. The zero-order chi connectivity index (χ0) is 12.0. The predicted octanol–water partition coefficient (Wildman–Crippen LogP) is 2.33. The molecule has 1 heterocycles. The molecule has 0 aromatic heterocycles. The monoisotopic (exact) mass is 236 g/mol. The molecule has 3 aliphatic rings. The third kappa shape index (κ3) is 1.55. The number of aliphatic carboxylic acids is 1. The van der Waals surface area contributed by atoms with Crippen molar-refractivity contribution in [1.82, 2.24) is 0 Å². The van der Waals surface area contributed by atoms with Gasteiger partial charge < -0.3 is 9.84 Å². The standard InChI is InChI=1S/C14H20O3/c1-2-14(7-17-8-14)12(13(15)16)11-6-9-3-4-10(11)5-9/h3-4,9-12H,2,5-8H2,1H3,(H,15,16). The van der Waals surface area contributed by atoms with Gasteiger partial charge in [-0.05, 0) is 37.0 Å². The molecule has 1 saturated heterocycles. The molecule has 0 amide bonds. The first-order valence-electron chi connectivity index (χ1n) is 6.65. The molecule has 4 atom stereocenters. The zero-order valence-electron chi connectivity index (χ0n) is 10.3. The number of carboxylic acids is 1. The van der Waals surface area contributed by atoms with Gasteiger partial charge in [-0.25, -0.2) is 0 Å². The molecule has 2 bridgehead atoms. The molecule has 0 spiro atoms. The van der Waals surface area contributed by atoms with Crippen molar-refractivity contribution in [3.63, 3.8) is 0 Å². The summed E-state index contributed by atoms with van der Waals surface area (Å²) in [6.07, 6.45) is 7.68. The Kier molecular flexibility index (Phi) is 2.54. The highest BCUT2D eigenvalue weighted by Crippen LogP contribution is 2.53. The van der Waals surface area contributed by atoms with Gasteiger partial charge in [-0.15, -0.1) is 0 Å². The minimum Gasteiger partial charge on any atom is -0.481 e. The van der Waals surface area contributed by atoms with E-state index in [4.69, 9.17) is 4.74 Å². The highest BCUT2D eigenvalue weighted by molar-refractivity contribution is 5.72. The quantitative estimate of drug-likeness (QED) is 0.762. The molecule has 4 unspecified atom stereocenters. The van der Waals surface area contributed by atoms with Crippen LogP contribution in [0.15, 0.2) is 12.2 Å². The van der Waals surface area contributed by atoms with Crippen LogP contribution in [0.25, 0.3) is 0 Å². The van der Waals surface area contributed by atoms with Crippen molar-refractivity contribution in [2.24, 2.45) is 29.1 Å². The highest BCUT2D eigenvalue weighted by atomic mass is 16.5. The second-order valence-electron chi connectivity index (χ2n) is 5.97. The van der Waals surface area contributed by atoms with Crippen LogP contribution in [-0.2, 0) is 9.53 Å². The maximum absolute atomic E-state index is 11.7. The fourth-order valence-corrected chi connectivity index (χ4v) is 4.07. The Morgan fingerprint density at radius 3 is 2.59 bits per heavy atom. The average molecular weight is 236 g/mol. The second kappa shape index (κ2) is 3.84. The summed E-state index contributed by atoms with van der Waals surface area (Å²) in [5.41, 5.74) is -0.0885. The maximum atomic E-state index is 11.7. The molecular weight excluding hydrogens is 216 g/mol. The second-order valence-corrected chi connectivity index (χ2v) is 5.97. The van der Waals surface area contributed by atoms with Gasteiger partial charge in [-0.3, -0.25) is 4.79 Å². The fourth-order valence-electron chi connectivity index (χ4n) is 4.07. The van der Waals surface area contributed by atoms with Crippen molar-refractivity contribution < 1.29 is 14.6 Å². The number of hydrogen-bond acceptors (Lipinski definition) is 2. The largest absolute Gasteiger partial charge is 0.481 e. The third-order valence-electron chi connectivity index (χ3n) is 5.17. The molecule has 1 saturated carbocycles. The van der Waals surface area contributed by atoms with Gasteiger partial charge in [0.1, 0.15) is 0 Å². The lowest BCUT2D eigenvalue weighted by Gasteiger charge is -2.48. The van der Waals surface area contributed by atoms with Crippen LogP contribution < -0.4 is 0 Å². The highest BCUT2D eigenvalue weighted by Gasteiger charge is 2.55. The van der Waals surface area contributed by atoms with E-state index in [1.165, 1.54) is 6.42 Å². The average Bonchev–Trinajstić information content (AvgIpc) is 2.83. The number of hydrogen-bond donors (Lipinski definition) is 1. The van der Waals surface area contributed by atoms with Crippen LogP contribution >= 0.6 is 0 Å². The number of carbonyl (C=O) groups is 1. The van der Waals surface area contributed by atoms with Gasteiger partial charge >= 0.3 is 5.97 Å². The van der Waals surface area contributed by atoms with E-state index in [1.807, 2.05) is 0 Å². The van der Waals surface area contributed by atoms with E-state index in [0.29, 0.717) is 31.0 Å². The Morgan fingerprint density at radius 2 is 2.24 bits per heavy atom. The van der Waals surface area contributed by atoms with Gasteiger partial charge in [0.05, 0.1) is 19.1 Å². The van der Waals surface area contributed by atoms with Crippen molar-refractivity contribution in [1.29, 1.82) is 0 Å². The summed E-state index contributed by atoms with van der Waals surface area (Å²) in [5.74, 6) is 0.667. The van der Waals surface area contributed by atoms with Crippen molar-refractivity contribution in [3.8, 4) is 0 Å². The lowest BCUT2D eigenvalue weighted by atomic mass is 9.63. The molecule has 3 heteroatoms. The Balaban J connectivity index is 1.86. The summed E-state index contributed by atoms with van der Waals surface area (Å²) in [6.45, 7) is 3.37. The van der Waals surface area contributed by atoms with Crippen LogP contribution in [0.3, 0.4) is 0 Å². The van der Waals surface area contributed by atoms with Gasteiger partial charge in [0.15, 0.2) is 0 Å². The summed E-state index contributed by atoms with van der Waals surface area (Å²) in [4.78, 5) is 11.7. The van der Waals surface area contributed by atoms with Crippen LogP contribution in [0.1, 0.15) is 26.2 Å². The van der Waals surface area contributed by atoms with E-state index < -0.39 is 5.97 Å². The third-order valence-corrected chi connectivity index (χ3v) is 5.17. The van der Waals surface area contributed by atoms with Crippen LogP contribution in [0.2, 0.25) is 0 Å². The van der Waals surface area contributed by atoms with Crippen LogP contribution in [0, 0.1) is 29.1 Å². The van der Waals surface area contributed by atoms with Crippen LogP contribution in [0.5, 0.6) is 0 Å². The van der Waals surface area contributed by atoms with Crippen molar-refractivity contribution in [3.05, 3.63) is 12.2 Å².